The van der Waals surface area contributed by atoms with Gasteiger partial charge < -0.3 is 14.4 Å². The Morgan fingerprint density at radius 2 is 1.85 bits per heavy atom. The molecule has 2 heterocycles. The highest BCUT2D eigenvalue weighted by Gasteiger charge is 2.30. The SMILES string of the molecule is Cc1ccc(S(=O)(=O)NC(=O)N2CCC(c3ccc4c(c3)OCO4)C2)cc1. The predicted molar refractivity (Wildman–Crippen MR) is 98.4 cm³/mol. The summed E-state index contributed by atoms with van der Waals surface area (Å²) in [6.07, 6.45) is 0.762. The molecule has 2 aliphatic heterocycles. The van der Waals surface area contributed by atoms with Gasteiger partial charge in [-0.25, -0.2) is 17.9 Å². The lowest BCUT2D eigenvalue weighted by Gasteiger charge is -2.18. The van der Waals surface area contributed by atoms with E-state index in [2.05, 4.69) is 4.72 Å². The van der Waals surface area contributed by atoms with Crippen LogP contribution in [0.2, 0.25) is 0 Å². The summed E-state index contributed by atoms with van der Waals surface area (Å²) in [6, 6.07) is 11.5. The molecule has 8 heteroatoms. The number of hydrogen-bond donors (Lipinski definition) is 1. The highest BCUT2D eigenvalue weighted by molar-refractivity contribution is 7.90. The van der Waals surface area contributed by atoms with Crippen LogP contribution < -0.4 is 14.2 Å². The Balaban J connectivity index is 1.42. The maximum Gasteiger partial charge on any atom is 0.331 e. The van der Waals surface area contributed by atoms with E-state index in [4.69, 9.17) is 9.47 Å². The first-order valence-corrected chi connectivity index (χ1v) is 10.2. The number of carbonyl (C=O) groups is 1. The van der Waals surface area contributed by atoms with Gasteiger partial charge in [0.25, 0.3) is 10.0 Å². The molecule has 2 amide bonds. The standard InChI is InChI=1S/C19H20N2O5S/c1-13-2-5-16(6-3-13)27(23,24)20-19(22)21-9-8-15(11-21)14-4-7-17-18(10-14)26-12-25-17/h2-7,10,15H,8-9,11-12H2,1H3,(H,20,22). The van der Waals surface area contributed by atoms with Gasteiger partial charge in [-0.1, -0.05) is 23.8 Å². The number of urea groups is 1. The Hall–Kier alpha value is -2.74. The highest BCUT2D eigenvalue weighted by atomic mass is 32.2. The summed E-state index contributed by atoms with van der Waals surface area (Å²) in [4.78, 5) is 14.1. The number of aryl methyl sites for hydroxylation is 1. The molecule has 0 aliphatic carbocycles. The molecular formula is C19H20N2O5S. The monoisotopic (exact) mass is 388 g/mol. The third kappa shape index (κ3) is 3.57. The molecule has 7 nitrogen and oxygen atoms in total. The molecule has 2 aromatic carbocycles. The van der Waals surface area contributed by atoms with Crippen LogP contribution in [0, 0.1) is 6.92 Å². The van der Waals surface area contributed by atoms with Crippen LogP contribution in [0.4, 0.5) is 4.79 Å². The van der Waals surface area contributed by atoms with Gasteiger partial charge in [-0.2, -0.15) is 0 Å². The van der Waals surface area contributed by atoms with Crippen LogP contribution in [-0.4, -0.2) is 39.2 Å². The fourth-order valence-electron chi connectivity index (χ4n) is 3.34. The number of fused-ring (bicyclic) bond motifs is 1. The van der Waals surface area contributed by atoms with Crippen molar-refractivity contribution in [1.82, 2.24) is 9.62 Å². The molecule has 1 saturated heterocycles. The molecule has 0 spiro atoms. The van der Waals surface area contributed by atoms with Crippen molar-refractivity contribution >= 4 is 16.1 Å². The first-order valence-electron chi connectivity index (χ1n) is 8.70. The minimum atomic E-state index is -3.88. The summed E-state index contributed by atoms with van der Waals surface area (Å²) in [5.74, 6) is 1.56. The summed E-state index contributed by atoms with van der Waals surface area (Å²) in [7, 11) is -3.88. The second kappa shape index (κ2) is 6.77. The first-order chi connectivity index (χ1) is 12.9. The summed E-state index contributed by atoms with van der Waals surface area (Å²) in [5, 5.41) is 0. The topological polar surface area (TPSA) is 84.9 Å². The predicted octanol–water partition coefficient (Wildman–Crippen LogP) is 2.61. The zero-order valence-corrected chi connectivity index (χ0v) is 15.7. The molecule has 0 bridgehead atoms. The Kier molecular flexibility index (Phi) is 4.43. The van der Waals surface area contributed by atoms with Gasteiger partial charge >= 0.3 is 6.03 Å². The summed E-state index contributed by atoms with van der Waals surface area (Å²) < 4.78 is 37.7. The lowest BCUT2D eigenvalue weighted by atomic mass is 9.98. The number of benzene rings is 2. The number of amides is 2. The quantitative estimate of drug-likeness (QED) is 0.874. The molecule has 0 radical (unpaired) electrons. The Morgan fingerprint density at radius 1 is 1.11 bits per heavy atom. The number of rotatable bonds is 3. The van der Waals surface area contributed by atoms with Crippen molar-refractivity contribution in [2.75, 3.05) is 19.9 Å². The number of hydrogen-bond acceptors (Lipinski definition) is 5. The molecule has 1 unspecified atom stereocenters. The van der Waals surface area contributed by atoms with E-state index >= 15 is 0 Å². The molecule has 2 aromatic rings. The van der Waals surface area contributed by atoms with E-state index in [-0.39, 0.29) is 17.6 Å². The molecule has 0 saturated carbocycles. The second-order valence-corrected chi connectivity index (χ2v) is 8.45. The third-order valence-electron chi connectivity index (χ3n) is 4.90. The first kappa shape index (κ1) is 17.7. The van der Waals surface area contributed by atoms with E-state index in [1.54, 1.807) is 12.1 Å². The largest absolute Gasteiger partial charge is 0.454 e. The Labute approximate surface area is 157 Å². The molecule has 1 fully saturated rings. The van der Waals surface area contributed by atoms with Crippen molar-refractivity contribution < 1.29 is 22.7 Å². The fourth-order valence-corrected chi connectivity index (χ4v) is 4.31. The van der Waals surface area contributed by atoms with Crippen LogP contribution in [0.1, 0.15) is 23.5 Å². The molecule has 2 aliphatic rings. The number of nitrogens with zero attached hydrogens (tertiary/aromatic N) is 1. The van der Waals surface area contributed by atoms with E-state index in [0.717, 1.165) is 23.3 Å². The van der Waals surface area contributed by atoms with E-state index in [9.17, 15) is 13.2 Å². The van der Waals surface area contributed by atoms with Crippen molar-refractivity contribution in [3.63, 3.8) is 0 Å². The van der Waals surface area contributed by atoms with Crippen LogP contribution >= 0.6 is 0 Å². The highest BCUT2D eigenvalue weighted by Crippen LogP contribution is 2.37. The van der Waals surface area contributed by atoms with Crippen LogP contribution in [-0.2, 0) is 10.0 Å². The fraction of sp³-hybridized carbons (Fsp3) is 0.316. The normalized spacial score (nSPS) is 18.6. The summed E-state index contributed by atoms with van der Waals surface area (Å²) in [5.41, 5.74) is 2.00. The van der Waals surface area contributed by atoms with E-state index in [1.165, 1.54) is 17.0 Å². The van der Waals surface area contributed by atoms with Crippen LogP contribution in [0.15, 0.2) is 47.4 Å². The van der Waals surface area contributed by atoms with Crippen molar-refractivity contribution in [2.45, 2.75) is 24.2 Å². The zero-order chi connectivity index (χ0) is 19.0. The van der Waals surface area contributed by atoms with Crippen LogP contribution in [0.5, 0.6) is 11.5 Å². The van der Waals surface area contributed by atoms with Crippen LogP contribution in [0.25, 0.3) is 0 Å². The average molecular weight is 388 g/mol. The second-order valence-electron chi connectivity index (χ2n) is 6.77. The maximum atomic E-state index is 12.5. The summed E-state index contributed by atoms with van der Waals surface area (Å²) >= 11 is 0. The van der Waals surface area contributed by atoms with E-state index in [1.807, 2.05) is 25.1 Å². The van der Waals surface area contributed by atoms with E-state index < -0.39 is 16.1 Å². The Bertz CT molecular complexity index is 972. The molecule has 142 valence electrons. The maximum absolute atomic E-state index is 12.5. The molecule has 1 N–H and O–H groups in total. The van der Waals surface area contributed by atoms with Crippen molar-refractivity contribution in [3.05, 3.63) is 53.6 Å². The van der Waals surface area contributed by atoms with Gasteiger partial charge in [-0.15, -0.1) is 0 Å². The van der Waals surface area contributed by atoms with Gasteiger partial charge in [0.1, 0.15) is 0 Å². The summed E-state index contributed by atoms with van der Waals surface area (Å²) in [6.45, 7) is 3.04. The minimum Gasteiger partial charge on any atom is -0.454 e. The number of ether oxygens (including phenoxy) is 2. The molecule has 4 rings (SSSR count). The molecule has 27 heavy (non-hydrogen) atoms. The van der Waals surface area contributed by atoms with Crippen molar-refractivity contribution in [3.8, 4) is 11.5 Å². The average Bonchev–Trinajstić information content (AvgIpc) is 3.30. The minimum absolute atomic E-state index is 0.0768. The number of carbonyl (C=O) groups excluding carboxylic acids is 1. The zero-order valence-electron chi connectivity index (χ0n) is 14.8. The number of sulfonamides is 1. The third-order valence-corrected chi connectivity index (χ3v) is 6.23. The van der Waals surface area contributed by atoms with Gasteiger partial charge in [0, 0.05) is 19.0 Å². The van der Waals surface area contributed by atoms with Crippen molar-refractivity contribution in [1.29, 1.82) is 0 Å². The smallest absolute Gasteiger partial charge is 0.331 e. The van der Waals surface area contributed by atoms with E-state index in [0.29, 0.717) is 18.8 Å². The van der Waals surface area contributed by atoms with Gasteiger partial charge in [0.05, 0.1) is 4.90 Å². The number of likely N-dealkylation sites (tertiary alicyclic amines) is 1. The Morgan fingerprint density at radius 3 is 2.63 bits per heavy atom. The van der Waals surface area contributed by atoms with Gasteiger partial charge in [-0.05, 0) is 43.2 Å². The molecule has 0 aromatic heterocycles. The van der Waals surface area contributed by atoms with Gasteiger partial charge in [0.2, 0.25) is 6.79 Å². The lowest BCUT2D eigenvalue weighted by Crippen LogP contribution is -2.41. The van der Waals surface area contributed by atoms with Crippen molar-refractivity contribution in [2.24, 2.45) is 0 Å². The molecular weight excluding hydrogens is 368 g/mol. The molecule has 1 atom stereocenters. The lowest BCUT2D eigenvalue weighted by molar-refractivity contribution is 0.174. The van der Waals surface area contributed by atoms with Gasteiger partial charge in [-0.3, -0.25) is 0 Å². The van der Waals surface area contributed by atoms with Crippen LogP contribution in [0.3, 0.4) is 0 Å². The van der Waals surface area contributed by atoms with Gasteiger partial charge in [0.15, 0.2) is 11.5 Å². The number of nitrogens with one attached hydrogen (secondary N) is 1.